The molecule has 8 heteroatoms. The number of hydrogen-bond acceptors (Lipinski definition) is 4. The number of phenolic OH excluding ortho intramolecular Hbond substituents is 1. The highest BCUT2D eigenvalue weighted by atomic mass is 35.5. The van der Waals surface area contributed by atoms with Crippen LogP contribution in [0.3, 0.4) is 0 Å². The zero-order valence-electron chi connectivity index (χ0n) is 11.3. The Labute approximate surface area is 148 Å². The average Bonchev–Trinajstić information content (AvgIpc) is 2.50. The van der Waals surface area contributed by atoms with Gasteiger partial charge in [0.25, 0.3) is 0 Å². The molecule has 0 saturated heterocycles. The highest BCUT2D eigenvalue weighted by molar-refractivity contribution is 7.95. The molecular weight excluding hydrogens is 381 g/mol. The van der Waals surface area contributed by atoms with Crippen LogP contribution < -0.4 is 0 Å². The van der Waals surface area contributed by atoms with E-state index in [9.17, 15) is 18.8 Å². The Bertz CT molecular complexity index is 947. The van der Waals surface area contributed by atoms with E-state index in [-0.39, 0.29) is 25.7 Å². The second kappa shape index (κ2) is 6.81. The lowest BCUT2D eigenvalue weighted by atomic mass is 10.2. The van der Waals surface area contributed by atoms with Gasteiger partial charge in [0, 0.05) is 5.02 Å². The molecule has 0 aliphatic rings. The third-order valence-corrected chi connectivity index (χ3v) is 5.54. The van der Waals surface area contributed by atoms with Gasteiger partial charge in [-0.05, 0) is 42.0 Å². The number of sulfone groups is 1. The topological polar surface area (TPSA) is 78.2 Å². The predicted molar refractivity (Wildman–Crippen MR) is 90.4 cm³/mol. The summed E-state index contributed by atoms with van der Waals surface area (Å²) in [4.78, 5) is -0.784. The van der Waals surface area contributed by atoms with E-state index >= 15 is 0 Å². The van der Waals surface area contributed by atoms with Crippen molar-refractivity contribution < 1.29 is 13.5 Å². The summed E-state index contributed by atoms with van der Waals surface area (Å²) >= 11 is 17.5. The van der Waals surface area contributed by atoms with Crippen LogP contribution in [0.25, 0.3) is 6.08 Å². The fourth-order valence-electron chi connectivity index (χ4n) is 1.74. The molecule has 0 aromatic heterocycles. The molecule has 23 heavy (non-hydrogen) atoms. The van der Waals surface area contributed by atoms with E-state index in [0.29, 0.717) is 5.56 Å². The number of phenols is 1. The zero-order valence-corrected chi connectivity index (χ0v) is 14.4. The van der Waals surface area contributed by atoms with Crippen LogP contribution in [0, 0.1) is 11.3 Å². The zero-order chi connectivity index (χ0) is 17.2. The molecule has 0 fully saturated rings. The van der Waals surface area contributed by atoms with Gasteiger partial charge in [-0.15, -0.1) is 0 Å². The molecule has 0 unspecified atom stereocenters. The van der Waals surface area contributed by atoms with Gasteiger partial charge >= 0.3 is 0 Å². The molecule has 0 spiro atoms. The molecule has 0 amide bonds. The maximum absolute atomic E-state index is 12.6. The largest absolute Gasteiger partial charge is 0.506 e. The van der Waals surface area contributed by atoms with Crippen molar-refractivity contribution in [2.45, 2.75) is 4.90 Å². The SMILES string of the molecule is N#CC(=Cc1ccc(O)c(Cl)c1)S(=O)(=O)c1cc(Cl)ccc1Cl. The van der Waals surface area contributed by atoms with Crippen molar-refractivity contribution in [1.82, 2.24) is 0 Å². The number of halogens is 3. The van der Waals surface area contributed by atoms with Crippen LogP contribution in [0.2, 0.25) is 15.1 Å². The first kappa shape index (κ1) is 17.6. The van der Waals surface area contributed by atoms with E-state index in [4.69, 9.17) is 34.8 Å². The van der Waals surface area contributed by atoms with E-state index < -0.39 is 14.7 Å². The predicted octanol–water partition coefficient (Wildman–Crippen LogP) is 4.69. The molecule has 1 N–H and O–H groups in total. The summed E-state index contributed by atoms with van der Waals surface area (Å²) in [6, 6.07) is 9.64. The Kier molecular flexibility index (Phi) is 5.23. The number of nitrogens with zero attached hydrogens (tertiary/aromatic N) is 1. The number of rotatable bonds is 3. The molecule has 0 aliphatic carbocycles. The molecule has 2 rings (SSSR count). The lowest BCUT2D eigenvalue weighted by molar-refractivity contribution is 0.475. The molecular formula is C15H8Cl3NO3S. The van der Waals surface area contributed by atoms with Crippen LogP contribution >= 0.6 is 34.8 Å². The first-order valence-electron chi connectivity index (χ1n) is 6.06. The second-order valence-corrected chi connectivity index (χ2v) is 7.55. The van der Waals surface area contributed by atoms with Crippen molar-refractivity contribution in [1.29, 1.82) is 5.26 Å². The van der Waals surface area contributed by atoms with Crippen molar-refractivity contribution >= 4 is 50.7 Å². The lowest BCUT2D eigenvalue weighted by Crippen LogP contribution is -2.04. The van der Waals surface area contributed by atoms with Gasteiger partial charge in [-0.1, -0.05) is 40.9 Å². The Morgan fingerprint density at radius 1 is 1.09 bits per heavy atom. The van der Waals surface area contributed by atoms with Gasteiger partial charge in [0.2, 0.25) is 9.84 Å². The molecule has 0 radical (unpaired) electrons. The fraction of sp³-hybridized carbons (Fsp3) is 0. The summed E-state index contributed by atoms with van der Waals surface area (Å²) in [6.07, 6.45) is 1.14. The van der Waals surface area contributed by atoms with Gasteiger partial charge < -0.3 is 5.11 Å². The van der Waals surface area contributed by atoms with Crippen LogP contribution in [0.5, 0.6) is 5.75 Å². The smallest absolute Gasteiger partial charge is 0.218 e. The van der Waals surface area contributed by atoms with E-state index in [2.05, 4.69) is 0 Å². The summed E-state index contributed by atoms with van der Waals surface area (Å²) in [6.45, 7) is 0. The van der Waals surface area contributed by atoms with E-state index in [1.54, 1.807) is 6.07 Å². The first-order chi connectivity index (χ1) is 10.8. The van der Waals surface area contributed by atoms with Gasteiger partial charge in [-0.2, -0.15) is 5.26 Å². The minimum atomic E-state index is -4.15. The lowest BCUT2D eigenvalue weighted by Gasteiger charge is -2.06. The second-order valence-electron chi connectivity index (χ2n) is 4.41. The molecule has 0 atom stereocenters. The third-order valence-electron chi connectivity index (χ3n) is 2.85. The quantitative estimate of drug-likeness (QED) is 0.774. The Balaban J connectivity index is 2.59. The summed E-state index contributed by atoms with van der Waals surface area (Å²) < 4.78 is 25.2. The Hall–Kier alpha value is -1.71. The van der Waals surface area contributed by atoms with Crippen LogP contribution in [0.1, 0.15) is 5.56 Å². The number of benzene rings is 2. The summed E-state index contributed by atoms with van der Waals surface area (Å²) in [5, 5.41) is 18.8. The Morgan fingerprint density at radius 2 is 1.78 bits per heavy atom. The van der Waals surface area contributed by atoms with Crippen LogP contribution in [-0.4, -0.2) is 13.5 Å². The van der Waals surface area contributed by atoms with Crippen molar-refractivity contribution in [3.05, 3.63) is 61.9 Å². The molecule has 0 saturated carbocycles. The van der Waals surface area contributed by atoms with Crippen LogP contribution in [0.15, 0.2) is 46.2 Å². The number of aromatic hydroxyl groups is 1. The Morgan fingerprint density at radius 3 is 2.39 bits per heavy atom. The van der Waals surface area contributed by atoms with Crippen molar-refractivity contribution in [3.63, 3.8) is 0 Å². The van der Waals surface area contributed by atoms with Gasteiger partial charge in [0.1, 0.15) is 16.7 Å². The van der Waals surface area contributed by atoms with Gasteiger partial charge in [0.05, 0.1) is 14.9 Å². The van der Waals surface area contributed by atoms with Gasteiger partial charge in [-0.25, -0.2) is 8.42 Å². The summed E-state index contributed by atoms with van der Waals surface area (Å²) in [5.74, 6) is -0.150. The monoisotopic (exact) mass is 387 g/mol. The maximum Gasteiger partial charge on any atom is 0.218 e. The molecule has 4 nitrogen and oxygen atoms in total. The minimum Gasteiger partial charge on any atom is -0.506 e. The first-order valence-corrected chi connectivity index (χ1v) is 8.68. The maximum atomic E-state index is 12.6. The molecule has 0 bridgehead atoms. The van der Waals surface area contributed by atoms with Crippen molar-refractivity contribution in [2.75, 3.05) is 0 Å². The molecule has 2 aromatic carbocycles. The van der Waals surface area contributed by atoms with Crippen LogP contribution in [0.4, 0.5) is 0 Å². The van der Waals surface area contributed by atoms with Gasteiger partial charge in [-0.3, -0.25) is 0 Å². The summed E-state index contributed by atoms with van der Waals surface area (Å²) in [5.41, 5.74) is 0.339. The minimum absolute atomic E-state index is 0.0363. The molecule has 0 aliphatic heterocycles. The van der Waals surface area contributed by atoms with Crippen molar-refractivity contribution in [2.24, 2.45) is 0 Å². The van der Waals surface area contributed by atoms with E-state index in [1.807, 2.05) is 0 Å². The highest BCUT2D eigenvalue weighted by Gasteiger charge is 2.24. The average molecular weight is 389 g/mol. The standard InChI is InChI=1S/C15H8Cl3NO3S/c16-10-2-3-12(17)15(7-10)23(21,22)11(8-19)5-9-1-4-14(20)13(18)6-9/h1-7,20H. The number of allylic oxidation sites excluding steroid dienone is 1. The van der Waals surface area contributed by atoms with Crippen LogP contribution in [-0.2, 0) is 9.84 Å². The fourth-order valence-corrected chi connectivity index (χ4v) is 3.84. The molecule has 0 heterocycles. The molecule has 118 valence electrons. The molecule has 2 aromatic rings. The van der Waals surface area contributed by atoms with E-state index in [0.717, 1.165) is 6.08 Å². The number of nitriles is 1. The normalized spacial score (nSPS) is 12.0. The van der Waals surface area contributed by atoms with Crippen molar-refractivity contribution in [3.8, 4) is 11.8 Å². The number of hydrogen-bond donors (Lipinski definition) is 1. The van der Waals surface area contributed by atoms with Gasteiger partial charge in [0.15, 0.2) is 0 Å². The highest BCUT2D eigenvalue weighted by Crippen LogP contribution is 2.31. The third kappa shape index (κ3) is 3.80. The van der Waals surface area contributed by atoms with E-state index in [1.165, 1.54) is 36.4 Å². The summed E-state index contributed by atoms with van der Waals surface area (Å²) in [7, 11) is -4.15.